The van der Waals surface area contributed by atoms with Gasteiger partial charge < -0.3 is 31.5 Å². The topological polar surface area (TPSA) is 174 Å². The van der Waals surface area contributed by atoms with E-state index in [1.807, 2.05) is 13.8 Å². The molecule has 11 heteroatoms. The van der Waals surface area contributed by atoms with E-state index in [1.54, 1.807) is 37.3 Å². The molecule has 0 saturated heterocycles. The molecule has 1 aromatic rings. The summed E-state index contributed by atoms with van der Waals surface area (Å²) in [5.41, 5.74) is 0.411. The van der Waals surface area contributed by atoms with Gasteiger partial charge in [0.15, 0.2) is 0 Å². The average molecular weight is 493 g/mol. The van der Waals surface area contributed by atoms with Crippen LogP contribution in [0, 0.1) is 5.92 Å². The fourth-order valence-corrected chi connectivity index (χ4v) is 3.23. The number of carbonyl (C=O) groups excluding carboxylic acids is 4. The molecule has 0 aliphatic rings. The van der Waals surface area contributed by atoms with E-state index < -0.39 is 60.4 Å². The molecule has 0 heterocycles. The van der Waals surface area contributed by atoms with E-state index in [0.29, 0.717) is 12.0 Å². The second-order valence-corrected chi connectivity index (χ2v) is 8.69. The number of carboxylic acid groups (broad SMARTS) is 1. The van der Waals surface area contributed by atoms with E-state index in [0.717, 1.165) is 0 Å². The molecular weight excluding hydrogens is 456 g/mol. The second kappa shape index (κ2) is 14.7. The van der Waals surface area contributed by atoms with Crippen molar-refractivity contribution >= 4 is 29.6 Å². The fourth-order valence-electron chi connectivity index (χ4n) is 3.23. The van der Waals surface area contributed by atoms with Gasteiger partial charge in [0.1, 0.15) is 24.2 Å². The highest BCUT2D eigenvalue weighted by Crippen LogP contribution is 2.17. The Labute approximate surface area is 205 Å². The predicted molar refractivity (Wildman–Crippen MR) is 128 cm³/mol. The number of carboxylic acids is 1. The number of carbonyl (C=O) groups is 5. The van der Waals surface area contributed by atoms with Crippen molar-refractivity contribution < 1.29 is 34.2 Å². The predicted octanol–water partition coefficient (Wildman–Crippen LogP) is 0.241. The van der Waals surface area contributed by atoms with Gasteiger partial charge in [-0.15, -0.1) is 0 Å². The van der Waals surface area contributed by atoms with E-state index >= 15 is 0 Å². The van der Waals surface area contributed by atoms with Gasteiger partial charge in [0, 0.05) is 6.42 Å². The van der Waals surface area contributed by atoms with Gasteiger partial charge in [-0.1, -0.05) is 51.1 Å². The Morgan fingerprint density at radius 1 is 0.886 bits per heavy atom. The zero-order valence-corrected chi connectivity index (χ0v) is 20.5. The molecule has 0 aromatic heterocycles. The first-order valence-electron chi connectivity index (χ1n) is 11.6. The SMILES string of the molecule is CCCC(=O)NC(C(=O)NCC(=O)NC(C)C(=O)NC(CC(C)C)C(=O)O)C(O)c1ccccc1. The van der Waals surface area contributed by atoms with E-state index in [1.165, 1.54) is 6.92 Å². The average Bonchev–Trinajstić information content (AvgIpc) is 2.80. The second-order valence-electron chi connectivity index (χ2n) is 8.69. The van der Waals surface area contributed by atoms with Crippen LogP contribution in [0.2, 0.25) is 0 Å². The van der Waals surface area contributed by atoms with Gasteiger partial charge in [0.2, 0.25) is 23.6 Å². The normalized spacial score (nSPS) is 14.2. The number of aliphatic hydroxyl groups is 1. The summed E-state index contributed by atoms with van der Waals surface area (Å²) in [7, 11) is 0. The maximum absolute atomic E-state index is 12.7. The molecule has 194 valence electrons. The highest BCUT2D eigenvalue weighted by molar-refractivity contribution is 5.93. The number of aliphatic hydroxyl groups excluding tert-OH is 1. The summed E-state index contributed by atoms with van der Waals surface area (Å²) in [6.07, 6.45) is -0.415. The van der Waals surface area contributed by atoms with Gasteiger partial charge in [-0.3, -0.25) is 19.2 Å². The molecule has 0 radical (unpaired) electrons. The van der Waals surface area contributed by atoms with Crippen LogP contribution in [-0.4, -0.2) is 64.5 Å². The van der Waals surface area contributed by atoms with Crippen LogP contribution in [0.5, 0.6) is 0 Å². The molecule has 0 aliphatic heterocycles. The fraction of sp³-hybridized carbons (Fsp3) is 0.542. The van der Waals surface area contributed by atoms with Crippen LogP contribution in [-0.2, 0) is 24.0 Å². The van der Waals surface area contributed by atoms with Crippen molar-refractivity contribution in [1.82, 2.24) is 21.3 Å². The van der Waals surface area contributed by atoms with Gasteiger partial charge >= 0.3 is 5.97 Å². The Morgan fingerprint density at radius 2 is 1.51 bits per heavy atom. The largest absolute Gasteiger partial charge is 0.480 e. The standard InChI is InChI=1S/C24H36N4O7/c1-5-9-18(29)28-20(21(31)16-10-7-6-8-11-16)23(33)25-13-19(30)26-15(4)22(32)27-17(24(34)35)12-14(2)3/h6-8,10-11,14-15,17,20-21,31H,5,9,12-13H2,1-4H3,(H,25,33)(H,26,30)(H,27,32)(H,28,29)(H,34,35). The number of aliphatic carboxylic acids is 1. The third-order valence-electron chi connectivity index (χ3n) is 5.05. The van der Waals surface area contributed by atoms with Crippen molar-refractivity contribution in [3.8, 4) is 0 Å². The lowest BCUT2D eigenvalue weighted by atomic mass is 10.0. The summed E-state index contributed by atoms with van der Waals surface area (Å²) < 4.78 is 0. The van der Waals surface area contributed by atoms with Gasteiger partial charge in [0.05, 0.1) is 6.54 Å². The van der Waals surface area contributed by atoms with Crippen molar-refractivity contribution in [3.05, 3.63) is 35.9 Å². The number of nitrogens with one attached hydrogen (secondary N) is 4. The maximum Gasteiger partial charge on any atom is 0.326 e. The monoisotopic (exact) mass is 492 g/mol. The van der Waals surface area contributed by atoms with Crippen LogP contribution >= 0.6 is 0 Å². The molecule has 0 aliphatic carbocycles. The highest BCUT2D eigenvalue weighted by Gasteiger charge is 2.30. The lowest BCUT2D eigenvalue weighted by Crippen LogP contribution is -2.54. The summed E-state index contributed by atoms with van der Waals surface area (Å²) in [6.45, 7) is 6.31. The van der Waals surface area contributed by atoms with Crippen molar-refractivity contribution in [3.63, 3.8) is 0 Å². The number of amides is 4. The molecule has 0 saturated carbocycles. The summed E-state index contributed by atoms with van der Waals surface area (Å²) in [5.74, 6) is -3.72. The highest BCUT2D eigenvalue weighted by atomic mass is 16.4. The lowest BCUT2D eigenvalue weighted by Gasteiger charge is -2.24. The molecule has 6 N–H and O–H groups in total. The Hall–Kier alpha value is -3.47. The smallest absolute Gasteiger partial charge is 0.326 e. The first-order valence-corrected chi connectivity index (χ1v) is 11.6. The van der Waals surface area contributed by atoms with E-state index in [2.05, 4.69) is 21.3 Å². The van der Waals surface area contributed by atoms with Crippen LogP contribution in [0.15, 0.2) is 30.3 Å². The quantitative estimate of drug-likeness (QED) is 0.216. The van der Waals surface area contributed by atoms with Crippen LogP contribution in [0.25, 0.3) is 0 Å². The molecule has 4 amide bonds. The minimum Gasteiger partial charge on any atom is -0.480 e. The van der Waals surface area contributed by atoms with Crippen molar-refractivity contribution in [2.24, 2.45) is 5.92 Å². The zero-order chi connectivity index (χ0) is 26.5. The maximum atomic E-state index is 12.7. The van der Waals surface area contributed by atoms with Crippen molar-refractivity contribution in [2.45, 2.75) is 71.2 Å². The van der Waals surface area contributed by atoms with Gasteiger partial charge in [-0.2, -0.15) is 0 Å². The third-order valence-corrected chi connectivity index (χ3v) is 5.05. The molecular formula is C24H36N4O7. The molecule has 4 unspecified atom stereocenters. The number of benzene rings is 1. The molecule has 0 spiro atoms. The number of hydrogen-bond acceptors (Lipinski definition) is 6. The lowest BCUT2D eigenvalue weighted by molar-refractivity contribution is -0.142. The summed E-state index contributed by atoms with van der Waals surface area (Å²) in [4.78, 5) is 60.7. The molecule has 35 heavy (non-hydrogen) atoms. The molecule has 0 fully saturated rings. The summed E-state index contributed by atoms with van der Waals surface area (Å²) in [6, 6.07) is 4.83. The van der Waals surface area contributed by atoms with Crippen LogP contribution < -0.4 is 21.3 Å². The van der Waals surface area contributed by atoms with E-state index in [-0.39, 0.29) is 18.8 Å². The van der Waals surface area contributed by atoms with Crippen LogP contribution in [0.1, 0.15) is 58.6 Å². The Morgan fingerprint density at radius 3 is 2.06 bits per heavy atom. The third kappa shape index (κ3) is 10.6. The molecule has 11 nitrogen and oxygen atoms in total. The van der Waals surface area contributed by atoms with Crippen molar-refractivity contribution in [2.75, 3.05) is 6.54 Å². The molecule has 1 rings (SSSR count). The minimum atomic E-state index is -1.35. The molecule has 0 bridgehead atoms. The van der Waals surface area contributed by atoms with Gasteiger partial charge in [-0.05, 0) is 31.2 Å². The Bertz CT molecular complexity index is 876. The van der Waals surface area contributed by atoms with E-state index in [4.69, 9.17) is 0 Å². The van der Waals surface area contributed by atoms with Gasteiger partial charge in [-0.25, -0.2) is 4.79 Å². The summed E-state index contributed by atoms with van der Waals surface area (Å²) in [5, 5.41) is 29.5. The van der Waals surface area contributed by atoms with Crippen LogP contribution in [0.3, 0.4) is 0 Å². The zero-order valence-electron chi connectivity index (χ0n) is 20.5. The minimum absolute atomic E-state index is 0.0357. The first-order chi connectivity index (χ1) is 16.5. The summed E-state index contributed by atoms with van der Waals surface area (Å²) >= 11 is 0. The van der Waals surface area contributed by atoms with Gasteiger partial charge in [0.25, 0.3) is 0 Å². The van der Waals surface area contributed by atoms with Crippen molar-refractivity contribution in [1.29, 1.82) is 0 Å². The Balaban J connectivity index is 2.73. The van der Waals surface area contributed by atoms with E-state index in [9.17, 15) is 34.2 Å². The number of hydrogen-bond donors (Lipinski definition) is 6. The number of rotatable bonds is 14. The molecule has 4 atom stereocenters. The Kier molecular flexibility index (Phi) is 12.4. The molecule has 1 aromatic carbocycles. The first kappa shape index (κ1) is 29.6. The van der Waals surface area contributed by atoms with Crippen LogP contribution in [0.4, 0.5) is 0 Å².